The molecule has 0 aromatic heterocycles. The van der Waals surface area contributed by atoms with Gasteiger partial charge < -0.3 is 19.5 Å². The van der Waals surface area contributed by atoms with Crippen molar-refractivity contribution >= 4 is 23.7 Å². The number of anilines is 1. The summed E-state index contributed by atoms with van der Waals surface area (Å²) in [6, 6.07) is 6.21. The van der Waals surface area contributed by atoms with Crippen LogP contribution in [0.1, 0.15) is 44.0 Å². The molecule has 1 aromatic rings. The topological polar surface area (TPSA) is 103 Å². The lowest BCUT2D eigenvalue weighted by atomic mass is 10.2. The summed E-state index contributed by atoms with van der Waals surface area (Å²) < 4.78 is 15.6. The number of hydrogen-bond donors (Lipinski definition) is 2. The van der Waals surface area contributed by atoms with Crippen LogP contribution in [0.3, 0.4) is 0 Å². The Morgan fingerprint density at radius 2 is 2.04 bits per heavy atom. The largest absolute Gasteiger partial charge is 0.452 e. The normalized spacial score (nSPS) is 16.5. The molecule has 1 heterocycles. The number of esters is 1. The van der Waals surface area contributed by atoms with Gasteiger partial charge in [-0.3, -0.25) is 10.1 Å². The molecule has 0 spiro atoms. The van der Waals surface area contributed by atoms with E-state index >= 15 is 0 Å². The van der Waals surface area contributed by atoms with Crippen LogP contribution in [0.4, 0.5) is 10.5 Å². The third kappa shape index (κ3) is 7.65. The van der Waals surface area contributed by atoms with E-state index in [2.05, 4.69) is 10.6 Å². The molecular weight excluding hydrogens is 352 g/mol. The zero-order valence-electron chi connectivity index (χ0n) is 15.9. The molecule has 2 amide bonds. The molecule has 1 atom stereocenters. The van der Waals surface area contributed by atoms with E-state index in [1.54, 1.807) is 32.9 Å². The van der Waals surface area contributed by atoms with E-state index < -0.39 is 17.7 Å². The first-order valence-electron chi connectivity index (χ1n) is 8.88. The summed E-state index contributed by atoms with van der Waals surface area (Å²) in [5.41, 5.74) is -0.0191. The molecular formula is C19H26N2O6. The van der Waals surface area contributed by atoms with E-state index in [-0.39, 0.29) is 24.2 Å². The van der Waals surface area contributed by atoms with Crippen LogP contribution < -0.4 is 10.6 Å². The van der Waals surface area contributed by atoms with Gasteiger partial charge in [0.05, 0.1) is 11.7 Å². The van der Waals surface area contributed by atoms with Crippen LogP contribution in [0.5, 0.6) is 0 Å². The van der Waals surface area contributed by atoms with Gasteiger partial charge in [0.1, 0.15) is 5.60 Å². The zero-order valence-corrected chi connectivity index (χ0v) is 15.9. The van der Waals surface area contributed by atoms with Crippen molar-refractivity contribution in [3.8, 4) is 0 Å². The lowest BCUT2D eigenvalue weighted by molar-refractivity contribution is -0.124. The minimum absolute atomic E-state index is 0.0280. The standard InChI is InChI=1S/C19H26N2O6/c1-19(2,3)27-18(24)21-14-7-4-6-13(10-14)17(23)26-12-16(22)20-11-15-8-5-9-25-15/h4,6-7,10,15H,5,8-9,11-12H2,1-3H3,(H,20,22)(H,21,24)/t15-/m0/s1. The van der Waals surface area contributed by atoms with E-state index in [0.717, 1.165) is 12.8 Å². The van der Waals surface area contributed by atoms with Gasteiger partial charge in [-0.15, -0.1) is 0 Å². The average Bonchev–Trinajstić information content (AvgIpc) is 3.09. The number of benzene rings is 1. The minimum Gasteiger partial charge on any atom is -0.452 e. The first-order valence-corrected chi connectivity index (χ1v) is 8.88. The van der Waals surface area contributed by atoms with Gasteiger partial charge in [0, 0.05) is 18.8 Å². The molecule has 0 radical (unpaired) electrons. The second-order valence-corrected chi connectivity index (χ2v) is 7.22. The molecule has 0 bridgehead atoms. The Kier molecular flexibility index (Phi) is 7.18. The van der Waals surface area contributed by atoms with Crippen molar-refractivity contribution in [2.45, 2.75) is 45.3 Å². The van der Waals surface area contributed by atoms with Crippen molar-refractivity contribution < 1.29 is 28.6 Å². The van der Waals surface area contributed by atoms with Crippen LogP contribution in [0.2, 0.25) is 0 Å². The van der Waals surface area contributed by atoms with Gasteiger partial charge in [0.25, 0.3) is 5.91 Å². The maximum atomic E-state index is 12.1. The van der Waals surface area contributed by atoms with Crippen molar-refractivity contribution in [1.82, 2.24) is 5.32 Å². The average molecular weight is 378 g/mol. The highest BCUT2D eigenvalue weighted by atomic mass is 16.6. The summed E-state index contributed by atoms with van der Waals surface area (Å²) >= 11 is 0. The number of amides is 2. The molecule has 1 aliphatic heterocycles. The van der Waals surface area contributed by atoms with Crippen molar-refractivity contribution in [2.24, 2.45) is 0 Å². The number of carbonyl (C=O) groups excluding carboxylic acids is 3. The predicted octanol–water partition coefficient (Wildman–Crippen LogP) is 2.49. The molecule has 1 aromatic carbocycles. The molecule has 0 saturated carbocycles. The molecule has 2 rings (SSSR count). The third-order valence-electron chi connectivity index (χ3n) is 3.63. The Bertz CT molecular complexity index is 677. The lowest BCUT2D eigenvalue weighted by Gasteiger charge is -2.19. The summed E-state index contributed by atoms with van der Waals surface area (Å²) in [7, 11) is 0. The highest BCUT2D eigenvalue weighted by molar-refractivity contribution is 5.93. The molecule has 0 unspecified atom stereocenters. The number of rotatable bonds is 6. The predicted molar refractivity (Wildman–Crippen MR) is 98.6 cm³/mol. The lowest BCUT2D eigenvalue weighted by Crippen LogP contribution is -2.34. The SMILES string of the molecule is CC(C)(C)OC(=O)Nc1cccc(C(=O)OCC(=O)NC[C@@H]2CCCO2)c1. The van der Waals surface area contributed by atoms with Crippen molar-refractivity contribution in [3.05, 3.63) is 29.8 Å². The van der Waals surface area contributed by atoms with Crippen LogP contribution in [-0.2, 0) is 19.0 Å². The first-order chi connectivity index (χ1) is 12.7. The van der Waals surface area contributed by atoms with E-state index in [0.29, 0.717) is 18.8 Å². The Labute approximate surface area is 158 Å². The summed E-state index contributed by atoms with van der Waals surface area (Å²) in [4.78, 5) is 35.7. The van der Waals surface area contributed by atoms with Gasteiger partial charge in [0.2, 0.25) is 0 Å². The Balaban J connectivity index is 1.80. The maximum absolute atomic E-state index is 12.1. The number of ether oxygens (including phenoxy) is 3. The van der Waals surface area contributed by atoms with Crippen LogP contribution in [-0.4, -0.2) is 49.4 Å². The highest BCUT2D eigenvalue weighted by Crippen LogP contribution is 2.14. The van der Waals surface area contributed by atoms with E-state index in [1.165, 1.54) is 12.1 Å². The Hall–Kier alpha value is -2.61. The van der Waals surface area contributed by atoms with Gasteiger partial charge in [-0.1, -0.05) is 6.07 Å². The zero-order chi connectivity index (χ0) is 19.9. The first kappa shape index (κ1) is 20.7. The van der Waals surface area contributed by atoms with Crippen LogP contribution in [0.25, 0.3) is 0 Å². The molecule has 148 valence electrons. The molecule has 8 nitrogen and oxygen atoms in total. The molecule has 2 N–H and O–H groups in total. The number of nitrogens with one attached hydrogen (secondary N) is 2. The molecule has 1 saturated heterocycles. The summed E-state index contributed by atoms with van der Waals surface area (Å²) in [6.07, 6.45) is 1.31. The van der Waals surface area contributed by atoms with Gasteiger partial charge in [-0.2, -0.15) is 0 Å². The van der Waals surface area contributed by atoms with E-state index in [1.807, 2.05) is 0 Å². The minimum atomic E-state index is -0.657. The molecule has 27 heavy (non-hydrogen) atoms. The highest BCUT2D eigenvalue weighted by Gasteiger charge is 2.18. The van der Waals surface area contributed by atoms with E-state index in [4.69, 9.17) is 14.2 Å². The second kappa shape index (κ2) is 9.36. The molecule has 1 fully saturated rings. The van der Waals surface area contributed by atoms with Gasteiger partial charge in [-0.05, 0) is 51.8 Å². The van der Waals surface area contributed by atoms with Crippen LogP contribution in [0.15, 0.2) is 24.3 Å². The van der Waals surface area contributed by atoms with Crippen molar-refractivity contribution in [2.75, 3.05) is 25.1 Å². The summed E-state index contributed by atoms with van der Waals surface area (Å²) in [5, 5.41) is 5.22. The fourth-order valence-electron chi connectivity index (χ4n) is 2.44. The molecule has 8 heteroatoms. The van der Waals surface area contributed by atoms with E-state index in [9.17, 15) is 14.4 Å². The van der Waals surface area contributed by atoms with Crippen molar-refractivity contribution in [1.29, 1.82) is 0 Å². The smallest absolute Gasteiger partial charge is 0.412 e. The van der Waals surface area contributed by atoms with Gasteiger partial charge >= 0.3 is 12.1 Å². The van der Waals surface area contributed by atoms with Crippen LogP contribution >= 0.6 is 0 Å². The Morgan fingerprint density at radius 1 is 1.26 bits per heavy atom. The Morgan fingerprint density at radius 3 is 2.70 bits per heavy atom. The monoisotopic (exact) mass is 378 g/mol. The maximum Gasteiger partial charge on any atom is 0.412 e. The summed E-state index contributed by atoms with van der Waals surface area (Å²) in [5.74, 6) is -1.04. The number of carbonyl (C=O) groups is 3. The molecule has 1 aliphatic rings. The van der Waals surface area contributed by atoms with Crippen molar-refractivity contribution in [3.63, 3.8) is 0 Å². The fraction of sp³-hybridized carbons (Fsp3) is 0.526. The van der Waals surface area contributed by atoms with Gasteiger partial charge in [0.15, 0.2) is 6.61 Å². The van der Waals surface area contributed by atoms with Gasteiger partial charge in [-0.25, -0.2) is 9.59 Å². The summed E-state index contributed by atoms with van der Waals surface area (Å²) in [6.45, 7) is 6.00. The quantitative estimate of drug-likeness (QED) is 0.737. The van der Waals surface area contributed by atoms with Crippen LogP contribution in [0, 0.1) is 0 Å². The third-order valence-corrected chi connectivity index (χ3v) is 3.63. The molecule has 0 aliphatic carbocycles. The number of hydrogen-bond acceptors (Lipinski definition) is 6. The second-order valence-electron chi connectivity index (χ2n) is 7.22. The fourth-order valence-corrected chi connectivity index (χ4v) is 2.44.